The van der Waals surface area contributed by atoms with Gasteiger partial charge >= 0.3 is 0 Å². The number of benzene rings is 1. The first-order chi connectivity index (χ1) is 9.20. The summed E-state index contributed by atoms with van der Waals surface area (Å²) in [5.41, 5.74) is 1.35. The number of nitrogens with one attached hydrogen (secondary N) is 1. The van der Waals surface area contributed by atoms with Gasteiger partial charge < -0.3 is 10.1 Å². The van der Waals surface area contributed by atoms with Crippen LogP contribution in [0.5, 0.6) is 5.75 Å². The number of para-hydroxylation sites is 1. The van der Waals surface area contributed by atoms with Gasteiger partial charge in [0.1, 0.15) is 5.75 Å². The summed E-state index contributed by atoms with van der Waals surface area (Å²) in [4.78, 5) is 0. The second-order valence-electron chi connectivity index (χ2n) is 5.81. The molecule has 19 heavy (non-hydrogen) atoms. The lowest BCUT2D eigenvalue weighted by molar-refractivity contribution is 0.239. The first-order valence-electron chi connectivity index (χ1n) is 7.68. The van der Waals surface area contributed by atoms with Crippen molar-refractivity contribution in [3.05, 3.63) is 29.8 Å². The molecule has 1 aromatic rings. The molecule has 1 N–H and O–H groups in total. The van der Waals surface area contributed by atoms with Gasteiger partial charge in [0.2, 0.25) is 0 Å². The van der Waals surface area contributed by atoms with Crippen LogP contribution in [0.2, 0.25) is 0 Å². The fourth-order valence-corrected chi connectivity index (χ4v) is 2.66. The van der Waals surface area contributed by atoms with Gasteiger partial charge in [-0.25, -0.2) is 0 Å². The third-order valence-corrected chi connectivity index (χ3v) is 3.72. The van der Waals surface area contributed by atoms with Crippen molar-refractivity contribution >= 4 is 0 Å². The molecule has 2 rings (SSSR count). The van der Waals surface area contributed by atoms with E-state index in [4.69, 9.17) is 4.74 Å². The Morgan fingerprint density at radius 3 is 2.63 bits per heavy atom. The smallest absolute Gasteiger partial charge is 0.122 e. The molecule has 1 fully saturated rings. The molecular weight excluding hydrogens is 234 g/mol. The SMILES string of the molecule is CCNC(CCc1ccccc1OC(C)C)C1CC1. The summed E-state index contributed by atoms with van der Waals surface area (Å²) in [6, 6.07) is 9.16. The van der Waals surface area contributed by atoms with Crippen molar-refractivity contribution in [1.29, 1.82) is 0 Å². The molecule has 0 spiro atoms. The molecule has 2 heteroatoms. The molecule has 1 unspecified atom stereocenters. The van der Waals surface area contributed by atoms with Gasteiger partial charge in [-0.05, 0) is 63.6 Å². The van der Waals surface area contributed by atoms with Gasteiger partial charge in [-0.3, -0.25) is 0 Å². The minimum Gasteiger partial charge on any atom is -0.491 e. The largest absolute Gasteiger partial charge is 0.491 e. The van der Waals surface area contributed by atoms with Crippen LogP contribution >= 0.6 is 0 Å². The molecule has 1 aromatic carbocycles. The summed E-state index contributed by atoms with van der Waals surface area (Å²) in [7, 11) is 0. The maximum Gasteiger partial charge on any atom is 0.122 e. The van der Waals surface area contributed by atoms with Crippen LogP contribution in [-0.4, -0.2) is 18.7 Å². The second kappa shape index (κ2) is 6.95. The van der Waals surface area contributed by atoms with Gasteiger partial charge in [0.05, 0.1) is 6.10 Å². The summed E-state index contributed by atoms with van der Waals surface area (Å²) in [5.74, 6) is 1.97. The van der Waals surface area contributed by atoms with Crippen molar-refractivity contribution in [3.8, 4) is 5.75 Å². The average molecular weight is 261 g/mol. The third kappa shape index (κ3) is 4.54. The second-order valence-corrected chi connectivity index (χ2v) is 5.81. The molecule has 106 valence electrons. The van der Waals surface area contributed by atoms with Crippen molar-refractivity contribution in [2.75, 3.05) is 6.54 Å². The van der Waals surface area contributed by atoms with Crippen LogP contribution in [-0.2, 0) is 6.42 Å². The van der Waals surface area contributed by atoms with Crippen LogP contribution in [0.3, 0.4) is 0 Å². The molecule has 0 aromatic heterocycles. The Morgan fingerprint density at radius 1 is 1.26 bits per heavy atom. The standard InChI is InChI=1S/C17H27NO/c1-4-18-16(14-9-10-14)12-11-15-7-5-6-8-17(15)19-13(2)3/h5-8,13-14,16,18H,4,9-12H2,1-3H3. The van der Waals surface area contributed by atoms with E-state index in [0.717, 1.165) is 24.6 Å². The topological polar surface area (TPSA) is 21.3 Å². The fourth-order valence-electron chi connectivity index (χ4n) is 2.66. The minimum atomic E-state index is 0.245. The number of hydrogen-bond acceptors (Lipinski definition) is 2. The van der Waals surface area contributed by atoms with Crippen LogP contribution in [0.15, 0.2) is 24.3 Å². The molecule has 1 atom stereocenters. The normalized spacial score (nSPS) is 16.6. The number of aryl methyl sites for hydroxylation is 1. The Bertz CT molecular complexity index is 385. The Hall–Kier alpha value is -1.02. The fraction of sp³-hybridized carbons (Fsp3) is 0.647. The molecule has 0 saturated heterocycles. The van der Waals surface area contributed by atoms with Crippen molar-refractivity contribution in [3.63, 3.8) is 0 Å². The van der Waals surface area contributed by atoms with E-state index in [9.17, 15) is 0 Å². The van der Waals surface area contributed by atoms with E-state index < -0.39 is 0 Å². The molecule has 0 heterocycles. The molecule has 2 nitrogen and oxygen atoms in total. The lowest BCUT2D eigenvalue weighted by Crippen LogP contribution is -2.31. The molecule has 0 radical (unpaired) electrons. The Balaban J connectivity index is 1.93. The zero-order valence-corrected chi connectivity index (χ0v) is 12.5. The van der Waals surface area contributed by atoms with E-state index >= 15 is 0 Å². The predicted octanol–water partition coefficient (Wildman–Crippen LogP) is 3.79. The Morgan fingerprint density at radius 2 is 2.00 bits per heavy atom. The summed E-state index contributed by atoms with van der Waals surface area (Å²) < 4.78 is 5.89. The molecular formula is C17H27NO. The minimum absolute atomic E-state index is 0.245. The van der Waals surface area contributed by atoms with Gasteiger partial charge in [-0.2, -0.15) is 0 Å². The molecule has 0 aliphatic heterocycles. The third-order valence-electron chi connectivity index (χ3n) is 3.72. The van der Waals surface area contributed by atoms with Crippen LogP contribution < -0.4 is 10.1 Å². The molecule has 0 bridgehead atoms. The van der Waals surface area contributed by atoms with Gasteiger partial charge in [-0.1, -0.05) is 25.1 Å². The van der Waals surface area contributed by atoms with Crippen LogP contribution in [0.1, 0.15) is 45.6 Å². The first-order valence-corrected chi connectivity index (χ1v) is 7.68. The highest BCUT2D eigenvalue weighted by Gasteiger charge is 2.30. The quantitative estimate of drug-likeness (QED) is 0.768. The van der Waals surface area contributed by atoms with Crippen molar-refractivity contribution in [2.24, 2.45) is 5.92 Å². The summed E-state index contributed by atoms with van der Waals surface area (Å²) in [6.07, 6.45) is 5.38. The highest BCUT2D eigenvalue weighted by Crippen LogP contribution is 2.35. The summed E-state index contributed by atoms with van der Waals surface area (Å²) >= 11 is 0. The molecule has 1 aliphatic rings. The van der Waals surface area contributed by atoms with Crippen LogP contribution in [0.25, 0.3) is 0 Å². The molecule has 1 saturated carbocycles. The summed E-state index contributed by atoms with van der Waals surface area (Å²) in [5, 5.41) is 3.63. The lowest BCUT2D eigenvalue weighted by Gasteiger charge is -2.19. The zero-order chi connectivity index (χ0) is 13.7. The van der Waals surface area contributed by atoms with Crippen molar-refractivity contribution < 1.29 is 4.74 Å². The predicted molar refractivity (Wildman–Crippen MR) is 80.7 cm³/mol. The van der Waals surface area contributed by atoms with Crippen LogP contribution in [0.4, 0.5) is 0 Å². The van der Waals surface area contributed by atoms with Gasteiger partial charge in [0.15, 0.2) is 0 Å². The van der Waals surface area contributed by atoms with E-state index in [2.05, 4.69) is 50.4 Å². The van der Waals surface area contributed by atoms with Gasteiger partial charge in [0, 0.05) is 6.04 Å². The Labute approximate surface area is 117 Å². The Kier molecular flexibility index (Phi) is 5.26. The maximum absolute atomic E-state index is 5.89. The zero-order valence-electron chi connectivity index (χ0n) is 12.5. The van der Waals surface area contributed by atoms with E-state index in [1.807, 2.05) is 0 Å². The number of rotatable bonds is 8. The highest BCUT2D eigenvalue weighted by molar-refractivity contribution is 5.33. The van der Waals surface area contributed by atoms with Crippen molar-refractivity contribution in [2.45, 2.75) is 58.6 Å². The summed E-state index contributed by atoms with van der Waals surface area (Å²) in [6.45, 7) is 7.45. The monoisotopic (exact) mass is 261 g/mol. The lowest BCUT2D eigenvalue weighted by atomic mass is 10.0. The van der Waals surface area contributed by atoms with E-state index in [0.29, 0.717) is 6.04 Å². The van der Waals surface area contributed by atoms with E-state index in [1.54, 1.807) is 0 Å². The van der Waals surface area contributed by atoms with E-state index in [1.165, 1.54) is 24.8 Å². The van der Waals surface area contributed by atoms with Crippen LogP contribution in [0, 0.1) is 5.92 Å². The number of ether oxygens (including phenoxy) is 1. The highest BCUT2D eigenvalue weighted by atomic mass is 16.5. The number of hydrogen-bond donors (Lipinski definition) is 1. The molecule has 0 amide bonds. The first kappa shape index (κ1) is 14.4. The van der Waals surface area contributed by atoms with E-state index in [-0.39, 0.29) is 6.10 Å². The average Bonchev–Trinajstić information content (AvgIpc) is 3.19. The maximum atomic E-state index is 5.89. The molecule has 1 aliphatic carbocycles. The van der Waals surface area contributed by atoms with Crippen molar-refractivity contribution in [1.82, 2.24) is 5.32 Å². The van der Waals surface area contributed by atoms with Gasteiger partial charge in [-0.15, -0.1) is 0 Å². The van der Waals surface area contributed by atoms with Gasteiger partial charge in [0.25, 0.3) is 0 Å².